The number of thioether (sulfide) groups is 1. The molecule has 1 fully saturated rings. The van der Waals surface area contributed by atoms with Crippen LogP contribution < -0.4 is 0 Å². The maximum absolute atomic E-state index is 12.5. The van der Waals surface area contributed by atoms with Gasteiger partial charge in [-0.05, 0) is 24.6 Å². The summed E-state index contributed by atoms with van der Waals surface area (Å²) in [6.07, 6.45) is 0. The van der Waals surface area contributed by atoms with Crippen molar-refractivity contribution in [2.75, 3.05) is 11.6 Å². The molecule has 1 atom stereocenters. The quantitative estimate of drug-likeness (QED) is 0.918. The summed E-state index contributed by atoms with van der Waals surface area (Å²) in [4.78, 5) is 11.2. The number of sulfonamides is 1. The second-order valence-corrected chi connectivity index (χ2v) is 7.45. The lowest BCUT2D eigenvalue weighted by atomic mass is 10.2. The SMILES string of the molecule is Cc1ccc(Cl)cc1S(=O)(=O)N1CSC[C@H]1C(=O)O. The molecular formula is C11H12ClNO4S2. The fourth-order valence-corrected chi connectivity index (χ4v) is 5.46. The third kappa shape index (κ3) is 2.74. The molecular weight excluding hydrogens is 310 g/mol. The molecule has 0 spiro atoms. The predicted octanol–water partition coefficient (Wildman–Crippen LogP) is 1.80. The minimum atomic E-state index is -3.84. The van der Waals surface area contributed by atoms with Crippen LogP contribution in [-0.4, -0.2) is 41.5 Å². The summed E-state index contributed by atoms with van der Waals surface area (Å²) in [5, 5.41) is 9.38. The van der Waals surface area contributed by atoms with Gasteiger partial charge in [0.25, 0.3) is 0 Å². The molecule has 104 valence electrons. The molecule has 5 nitrogen and oxygen atoms in total. The molecule has 1 aliphatic rings. The van der Waals surface area contributed by atoms with E-state index in [9.17, 15) is 13.2 Å². The summed E-state index contributed by atoms with van der Waals surface area (Å²) in [5.41, 5.74) is 0.547. The third-order valence-corrected chi connectivity index (χ3v) is 6.27. The van der Waals surface area contributed by atoms with Crippen molar-refractivity contribution < 1.29 is 18.3 Å². The standard InChI is InChI=1S/C11H12ClNO4S2/c1-7-2-3-8(12)4-10(7)19(16,17)13-6-18-5-9(13)11(14)15/h2-4,9H,5-6H2,1H3,(H,14,15)/t9-/m0/s1. The Morgan fingerprint density at radius 2 is 2.21 bits per heavy atom. The highest BCUT2D eigenvalue weighted by Gasteiger charge is 2.40. The van der Waals surface area contributed by atoms with Gasteiger partial charge in [-0.3, -0.25) is 4.79 Å². The van der Waals surface area contributed by atoms with Crippen molar-refractivity contribution in [2.45, 2.75) is 17.9 Å². The number of hydrogen-bond donors (Lipinski definition) is 1. The Labute approximate surface area is 120 Å². The number of benzene rings is 1. The van der Waals surface area contributed by atoms with Crippen LogP contribution in [0.1, 0.15) is 5.56 Å². The van der Waals surface area contributed by atoms with Crippen LogP contribution in [0.3, 0.4) is 0 Å². The van der Waals surface area contributed by atoms with E-state index in [1.165, 1.54) is 17.8 Å². The predicted molar refractivity (Wildman–Crippen MR) is 74.0 cm³/mol. The monoisotopic (exact) mass is 321 g/mol. The van der Waals surface area contributed by atoms with Gasteiger partial charge >= 0.3 is 5.97 Å². The van der Waals surface area contributed by atoms with Gasteiger partial charge in [0.1, 0.15) is 6.04 Å². The molecule has 8 heteroatoms. The first-order valence-corrected chi connectivity index (χ1v) is 8.40. The van der Waals surface area contributed by atoms with Crippen LogP contribution in [0.25, 0.3) is 0 Å². The zero-order valence-corrected chi connectivity index (χ0v) is 12.4. The number of aryl methyl sites for hydroxylation is 1. The summed E-state index contributed by atoms with van der Waals surface area (Å²) >= 11 is 7.11. The lowest BCUT2D eigenvalue weighted by Gasteiger charge is -2.21. The van der Waals surface area contributed by atoms with E-state index in [-0.39, 0.29) is 16.5 Å². The fourth-order valence-electron chi connectivity index (χ4n) is 1.84. The zero-order valence-electron chi connectivity index (χ0n) is 10.0. The van der Waals surface area contributed by atoms with Gasteiger partial charge in [-0.2, -0.15) is 4.31 Å². The number of rotatable bonds is 3. The van der Waals surface area contributed by atoms with Crippen LogP contribution in [0.4, 0.5) is 0 Å². The van der Waals surface area contributed by atoms with Crippen molar-refractivity contribution in [1.82, 2.24) is 4.31 Å². The van der Waals surface area contributed by atoms with Crippen molar-refractivity contribution in [3.63, 3.8) is 0 Å². The molecule has 0 amide bonds. The summed E-state index contributed by atoms with van der Waals surface area (Å²) in [7, 11) is -3.84. The van der Waals surface area contributed by atoms with E-state index >= 15 is 0 Å². The first-order valence-electron chi connectivity index (χ1n) is 5.42. The molecule has 1 N–H and O–H groups in total. The maximum atomic E-state index is 12.5. The van der Waals surface area contributed by atoms with Crippen LogP contribution >= 0.6 is 23.4 Å². The molecule has 0 unspecified atom stereocenters. The van der Waals surface area contributed by atoms with Gasteiger partial charge in [-0.1, -0.05) is 17.7 Å². The molecule has 0 saturated carbocycles. The van der Waals surface area contributed by atoms with Crippen LogP contribution in [-0.2, 0) is 14.8 Å². The number of hydrogen-bond acceptors (Lipinski definition) is 4. The van der Waals surface area contributed by atoms with Gasteiger partial charge in [0, 0.05) is 10.8 Å². The Kier molecular flexibility index (Phi) is 4.10. The van der Waals surface area contributed by atoms with E-state index in [1.807, 2.05) is 0 Å². The van der Waals surface area contributed by atoms with Crippen molar-refractivity contribution in [1.29, 1.82) is 0 Å². The van der Waals surface area contributed by atoms with Crippen LogP contribution in [0, 0.1) is 6.92 Å². The number of carbonyl (C=O) groups is 1. The normalized spacial score (nSPS) is 20.6. The molecule has 1 aromatic rings. The first-order chi connectivity index (χ1) is 8.84. The number of aliphatic carboxylic acids is 1. The molecule has 0 radical (unpaired) electrons. The van der Waals surface area contributed by atoms with Gasteiger partial charge in [0.2, 0.25) is 10.0 Å². The van der Waals surface area contributed by atoms with Crippen LogP contribution in [0.15, 0.2) is 23.1 Å². The highest BCUT2D eigenvalue weighted by molar-refractivity contribution is 8.00. The smallest absolute Gasteiger partial charge is 0.322 e. The van der Waals surface area contributed by atoms with Crippen molar-refractivity contribution in [2.24, 2.45) is 0 Å². The number of halogens is 1. The largest absolute Gasteiger partial charge is 0.480 e. The molecule has 1 aromatic carbocycles. The van der Waals surface area contributed by atoms with E-state index in [1.54, 1.807) is 19.1 Å². The Hall–Kier alpha value is -0.760. The minimum absolute atomic E-state index is 0.0637. The third-order valence-electron chi connectivity index (χ3n) is 2.86. The van der Waals surface area contributed by atoms with Gasteiger partial charge in [-0.15, -0.1) is 11.8 Å². The first kappa shape index (κ1) is 14.6. The Balaban J connectivity index is 2.48. The van der Waals surface area contributed by atoms with E-state index in [0.717, 1.165) is 4.31 Å². The Morgan fingerprint density at radius 3 is 2.84 bits per heavy atom. The molecule has 0 aromatic heterocycles. The molecule has 0 aliphatic carbocycles. The van der Waals surface area contributed by atoms with E-state index in [2.05, 4.69) is 0 Å². The summed E-state index contributed by atoms with van der Waals surface area (Å²) in [5.74, 6) is -0.729. The highest BCUT2D eigenvalue weighted by atomic mass is 35.5. The molecule has 19 heavy (non-hydrogen) atoms. The molecule has 1 aliphatic heterocycles. The number of nitrogens with zero attached hydrogens (tertiary/aromatic N) is 1. The van der Waals surface area contributed by atoms with Crippen molar-refractivity contribution >= 4 is 39.4 Å². The lowest BCUT2D eigenvalue weighted by molar-refractivity contribution is -0.140. The average molecular weight is 322 g/mol. The van der Waals surface area contributed by atoms with Gasteiger partial charge in [-0.25, -0.2) is 8.42 Å². The summed E-state index contributed by atoms with van der Waals surface area (Å²) in [6, 6.07) is 3.54. The average Bonchev–Trinajstić information content (AvgIpc) is 2.82. The second-order valence-electron chi connectivity index (χ2n) is 4.16. The van der Waals surface area contributed by atoms with Crippen molar-refractivity contribution in [3.8, 4) is 0 Å². The molecule has 1 heterocycles. The second kappa shape index (κ2) is 5.32. The van der Waals surface area contributed by atoms with Gasteiger partial charge < -0.3 is 5.11 Å². The van der Waals surface area contributed by atoms with Gasteiger partial charge in [0.15, 0.2) is 0 Å². The maximum Gasteiger partial charge on any atom is 0.322 e. The Bertz CT molecular complexity index is 617. The highest BCUT2D eigenvalue weighted by Crippen LogP contribution is 2.31. The van der Waals surface area contributed by atoms with Crippen LogP contribution in [0.5, 0.6) is 0 Å². The van der Waals surface area contributed by atoms with Crippen molar-refractivity contribution in [3.05, 3.63) is 28.8 Å². The zero-order chi connectivity index (χ0) is 14.2. The van der Waals surface area contributed by atoms with E-state index < -0.39 is 22.0 Å². The fraction of sp³-hybridized carbons (Fsp3) is 0.364. The number of carboxylic acids is 1. The minimum Gasteiger partial charge on any atom is -0.480 e. The lowest BCUT2D eigenvalue weighted by Crippen LogP contribution is -2.41. The number of carboxylic acid groups (broad SMARTS) is 1. The Morgan fingerprint density at radius 1 is 1.53 bits per heavy atom. The molecule has 2 rings (SSSR count). The van der Waals surface area contributed by atoms with Gasteiger partial charge in [0.05, 0.1) is 10.8 Å². The topological polar surface area (TPSA) is 74.7 Å². The molecule has 0 bridgehead atoms. The van der Waals surface area contributed by atoms with E-state index in [0.29, 0.717) is 10.6 Å². The van der Waals surface area contributed by atoms with E-state index in [4.69, 9.17) is 16.7 Å². The summed E-state index contributed by atoms with van der Waals surface area (Å²) < 4.78 is 26.0. The summed E-state index contributed by atoms with van der Waals surface area (Å²) in [6.45, 7) is 1.65. The van der Waals surface area contributed by atoms with Crippen LogP contribution in [0.2, 0.25) is 5.02 Å². The molecule has 1 saturated heterocycles.